The minimum atomic E-state index is -2.36. The van der Waals surface area contributed by atoms with Crippen LogP contribution in [0.4, 0.5) is 8.78 Å². The van der Waals surface area contributed by atoms with E-state index in [2.05, 4.69) is 0 Å². The van der Waals surface area contributed by atoms with Gasteiger partial charge >= 0.3 is 0 Å². The monoisotopic (exact) mass is 259 g/mol. The Kier molecular flexibility index (Phi) is 5.50. The van der Waals surface area contributed by atoms with Crippen molar-refractivity contribution in [1.29, 1.82) is 0 Å². The molecule has 18 heavy (non-hydrogen) atoms. The highest BCUT2D eigenvalue weighted by molar-refractivity contribution is 5.38. The van der Waals surface area contributed by atoms with Crippen LogP contribution < -0.4 is 4.74 Å². The van der Waals surface area contributed by atoms with Crippen LogP contribution in [0.5, 0.6) is 5.75 Å². The van der Waals surface area contributed by atoms with Crippen LogP contribution in [0, 0.1) is 0 Å². The van der Waals surface area contributed by atoms with Crippen molar-refractivity contribution in [2.45, 2.75) is 26.0 Å². The minimum absolute atomic E-state index is 0.290. The molecule has 3 nitrogen and oxygen atoms in total. The Morgan fingerprint density at radius 3 is 2.56 bits per heavy atom. The number of ether oxygens (including phenoxy) is 1. The van der Waals surface area contributed by atoms with Gasteiger partial charge in [0.15, 0.2) is 0 Å². The number of hydrogen-bond acceptors (Lipinski definition) is 3. The predicted octanol–water partition coefficient (Wildman–Crippen LogP) is 2.45. The van der Waals surface area contributed by atoms with Crippen LogP contribution in [0.2, 0.25) is 0 Å². The van der Waals surface area contributed by atoms with E-state index in [1.54, 1.807) is 32.2 Å². The molecule has 0 spiro atoms. The molecule has 1 atom stereocenters. The van der Waals surface area contributed by atoms with E-state index < -0.39 is 12.5 Å². The Bertz CT molecular complexity index is 383. The van der Waals surface area contributed by atoms with Crippen LogP contribution >= 0.6 is 0 Å². The van der Waals surface area contributed by atoms with Crippen molar-refractivity contribution in [2.24, 2.45) is 0 Å². The van der Waals surface area contributed by atoms with Crippen LogP contribution in [0.25, 0.3) is 0 Å². The van der Waals surface area contributed by atoms with Crippen molar-refractivity contribution in [3.8, 4) is 5.75 Å². The number of hydrogen-bond donors (Lipinski definition) is 1. The highest BCUT2D eigenvalue weighted by Crippen LogP contribution is 2.24. The molecule has 0 radical (unpaired) electrons. The van der Waals surface area contributed by atoms with Crippen LogP contribution in [-0.4, -0.2) is 37.1 Å². The number of aliphatic hydroxyl groups excluding tert-OH is 1. The van der Waals surface area contributed by atoms with E-state index in [0.29, 0.717) is 12.3 Å². The number of methoxy groups -OCH3 is 1. The average molecular weight is 259 g/mol. The highest BCUT2D eigenvalue weighted by Gasteiger charge is 2.12. The fourth-order valence-corrected chi connectivity index (χ4v) is 1.77. The SMILES string of the molecule is COc1ccc(C(C)O)cc1CN(C)CC(F)F. The molecule has 1 rings (SSSR count). The van der Waals surface area contributed by atoms with Crippen LogP contribution in [0.1, 0.15) is 24.2 Å². The molecule has 1 aromatic carbocycles. The zero-order valence-electron chi connectivity index (χ0n) is 10.9. The maximum Gasteiger partial charge on any atom is 0.251 e. The number of halogens is 2. The molecule has 0 saturated carbocycles. The molecule has 0 amide bonds. The van der Waals surface area contributed by atoms with Crippen molar-refractivity contribution >= 4 is 0 Å². The van der Waals surface area contributed by atoms with Crippen molar-refractivity contribution in [3.63, 3.8) is 0 Å². The van der Waals surface area contributed by atoms with E-state index in [9.17, 15) is 13.9 Å². The fourth-order valence-electron chi connectivity index (χ4n) is 1.77. The summed E-state index contributed by atoms with van der Waals surface area (Å²) in [4.78, 5) is 1.52. The van der Waals surface area contributed by atoms with Crippen LogP contribution in [0.15, 0.2) is 18.2 Å². The first-order valence-electron chi connectivity index (χ1n) is 5.75. The Morgan fingerprint density at radius 1 is 1.39 bits per heavy atom. The van der Waals surface area contributed by atoms with Gasteiger partial charge in [0.05, 0.1) is 19.8 Å². The Balaban J connectivity index is 2.87. The molecular formula is C13H19F2NO2. The lowest BCUT2D eigenvalue weighted by Gasteiger charge is -2.19. The van der Waals surface area contributed by atoms with Gasteiger partial charge in [-0.05, 0) is 31.7 Å². The van der Waals surface area contributed by atoms with E-state index in [1.807, 2.05) is 0 Å². The molecule has 0 heterocycles. The smallest absolute Gasteiger partial charge is 0.251 e. The second kappa shape index (κ2) is 6.66. The van der Waals surface area contributed by atoms with Gasteiger partial charge < -0.3 is 9.84 Å². The largest absolute Gasteiger partial charge is 0.496 e. The van der Waals surface area contributed by atoms with E-state index in [4.69, 9.17) is 4.74 Å². The molecule has 0 aliphatic carbocycles. The topological polar surface area (TPSA) is 32.7 Å². The molecule has 1 aromatic rings. The summed E-state index contributed by atoms with van der Waals surface area (Å²) in [6, 6.07) is 5.29. The van der Waals surface area contributed by atoms with Gasteiger partial charge in [0.25, 0.3) is 6.43 Å². The van der Waals surface area contributed by atoms with E-state index in [1.165, 1.54) is 12.0 Å². The van der Waals surface area contributed by atoms with E-state index >= 15 is 0 Å². The molecule has 0 aromatic heterocycles. The Labute approximate surface area is 106 Å². The third-order valence-electron chi connectivity index (χ3n) is 2.68. The first-order valence-corrected chi connectivity index (χ1v) is 5.75. The van der Waals surface area contributed by atoms with Gasteiger partial charge in [0.1, 0.15) is 5.75 Å². The zero-order chi connectivity index (χ0) is 13.7. The van der Waals surface area contributed by atoms with Gasteiger partial charge in [0.2, 0.25) is 0 Å². The summed E-state index contributed by atoms with van der Waals surface area (Å²) in [5.41, 5.74) is 1.54. The normalized spacial score (nSPS) is 13.1. The third-order valence-corrected chi connectivity index (χ3v) is 2.68. The van der Waals surface area contributed by atoms with Crippen molar-refractivity contribution in [2.75, 3.05) is 20.7 Å². The number of nitrogens with zero attached hydrogens (tertiary/aromatic N) is 1. The first kappa shape index (κ1) is 14.9. The van der Waals surface area contributed by atoms with Gasteiger partial charge in [0, 0.05) is 12.1 Å². The summed E-state index contributed by atoms with van der Waals surface area (Å²) in [5.74, 6) is 0.639. The summed E-state index contributed by atoms with van der Waals surface area (Å²) in [6.07, 6.45) is -2.95. The lowest BCUT2D eigenvalue weighted by atomic mass is 10.1. The summed E-state index contributed by atoms with van der Waals surface area (Å²) in [6.45, 7) is 1.73. The van der Waals surface area contributed by atoms with Crippen molar-refractivity contribution < 1.29 is 18.6 Å². The number of benzene rings is 1. The van der Waals surface area contributed by atoms with Gasteiger partial charge in [-0.1, -0.05) is 6.07 Å². The van der Waals surface area contributed by atoms with Crippen molar-refractivity contribution in [3.05, 3.63) is 29.3 Å². The van der Waals surface area contributed by atoms with Gasteiger partial charge in [-0.3, -0.25) is 4.90 Å². The minimum Gasteiger partial charge on any atom is -0.496 e. The van der Waals surface area contributed by atoms with Gasteiger partial charge in [-0.25, -0.2) is 8.78 Å². The van der Waals surface area contributed by atoms with Crippen LogP contribution in [-0.2, 0) is 6.54 Å². The summed E-state index contributed by atoms with van der Waals surface area (Å²) < 4.78 is 29.7. The molecule has 102 valence electrons. The molecule has 0 bridgehead atoms. The van der Waals surface area contributed by atoms with Crippen molar-refractivity contribution in [1.82, 2.24) is 4.90 Å². The predicted molar refractivity (Wildman–Crippen MR) is 66.0 cm³/mol. The molecule has 0 aliphatic rings. The molecular weight excluding hydrogens is 240 g/mol. The maximum absolute atomic E-state index is 12.3. The maximum atomic E-state index is 12.3. The lowest BCUT2D eigenvalue weighted by molar-refractivity contribution is 0.0971. The molecule has 1 N–H and O–H groups in total. The summed E-state index contributed by atoms with van der Waals surface area (Å²) >= 11 is 0. The summed E-state index contributed by atoms with van der Waals surface area (Å²) in [7, 11) is 3.16. The number of aliphatic hydroxyl groups is 1. The standard InChI is InChI=1S/C13H19F2NO2/c1-9(17)10-4-5-12(18-3)11(6-10)7-16(2)8-13(14)15/h4-6,9,13,17H,7-8H2,1-3H3. The molecule has 0 aliphatic heterocycles. The summed E-state index contributed by atoms with van der Waals surface area (Å²) in [5, 5.41) is 9.52. The Morgan fingerprint density at radius 2 is 2.06 bits per heavy atom. The number of alkyl halides is 2. The highest BCUT2D eigenvalue weighted by atomic mass is 19.3. The van der Waals surface area contributed by atoms with Gasteiger partial charge in [-0.15, -0.1) is 0 Å². The second-order valence-corrected chi connectivity index (χ2v) is 4.34. The zero-order valence-corrected chi connectivity index (χ0v) is 10.9. The number of rotatable bonds is 6. The van der Waals surface area contributed by atoms with Crippen LogP contribution in [0.3, 0.4) is 0 Å². The quantitative estimate of drug-likeness (QED) is 0.851. The van der Waals surface area contributed by atoms with E-state index in [-0.39, 0.29) is 6.54 Å². The fraction of sp³-hybridized carbons (Fsp3) is 0.538. The molecule has 0 saturated heterocycles. The third kappa shape index (κ3) is 4.23. The average Bonchev–Trinajstić information content (AvgIpc) is 2.27. The van der Waals surface area contributed by atoms with Gasteiger partial charge in [-0.2, -0.15) is 0 Å². The molecule has 1 unspecified atom stereocenters. The first-order chi connectivity index (χ1) is 8.43. The molecule has 0 fully saturated rings. The van der Waals surface area contributed by atoms with E-state index in [0.717, 1.165) is 11.1 Å². The second-order valence-electron chi connectivity index (χ2n) is 4.34. The molecule has 5 heteroatoms. The Hall–Kier alpha value is -1.20. The lowest BCUT2D eigenvalue weighted by Crippen LogP contribution is -2.24.